The van der Waals surface area contributed by atoms with E-state index in [0.717, 1.165) is 29.8 Å². The second kappa shape index (κ2) is 6.41. The molecule has 3 aromatic heterocycles. The Kier molecular flexibility index (Phi) is 4.21. The standard InChI is InChI=1S/C20H20F3N3/c1-13-4-8-25-19(20(21,22)23)16(13)12-17-15-7-11-26(10-6-14-2-3-14)18(15)5-9-24-17/h4-5,7-9,11,14H,2-3,6,10,12H2,1H3. The molecule has 0 aliphatic heterocycles. The average molecular weight is 359 g/mol. The zero-order valence-corrected chi connectivity index (χ0v) is 14.6. The van der Waals surface area contributed by atoms with E-state index < -0.39 is 11.9 Å². The Bertz CT molecular complexity index is 939. The van der Waals surface area contributed by atoms with Crippen LogP contribution in [0.15, 0.2) is 36.8 Å². The third-order valence-corrected chi connectivity index (χ3v) is 5.16. The number of aromatic nitrogens is 3. The summed E-state index contributed by atoms with van der Waals surface area (Å²) in [6.45, 7) is 2.63. The van der Waals surface area contributed by atoms with Gasteiger partial charge in [-0.3, -0.25) is 9.97 Å². The number of aryl methyl sites for hydroxylation is 2. The van der Waals surface area contributed by atoms with Crippen molar-refractivity contribution in [2.45, 2.75) is 45.3 Å². The van der Waals surface area contributed by atoms with Crippen molar-refractivity contribution < 1.29 is 13.2 Å². The second-order valence-electron chi connectivity index (χ2n) is 7.06. The van der Waals surface area contributed by atoms with Gasteiger partial charge in [-0.15, -0.1) is 0 Å². The minimum Gasteiger partial charge on any atom is -0.347 e. The van der Waals surface area contributed by atoms with Gasteiger partial charge in [0, 0.05) is 36.9 Å². The van der Waals surface area contributed by atoms with E-state index in [1.165, 1.54) is 19.0 Å². The van der Waals surface area contributed by atoms with Gasteiger partial charge in [0.25, 0.3) is 0 Å². The molecule has 0 saturated heterocycles. The summed E-state index contributed by atoms with van der Waals surface area (Å²) < 4.78 is 42.2. The lowest BCUT2D eigenvalue weighted by Crippen LogP contribution is -2.14. The summed E-state index contributed by atoms with van der Waals surface area (Å²) in [6.07, 6.45) is 4.34. The van der Waals surface area contributed by atoms with Crippen molar-refractivity contribution in [1.82, 2.24) is 14.5 Å². The normalized spacial score (nSPS) is 14.9. The molecule has 136 valence electrons. The van der Waals surface area contributed by atoms with Crippen molar-refractivity contribution in [2.24, 2.45) is 5.92 Å². The first-order valence-corrected chi connectivity index (χ1v) is 8.88. The van der Waals surface area contributed by atoms with Crippen LogP contribution >= 0.6 is 0 Å². The lowest BCUT2D eigenvalue weighted by atomic mass is 10.0. The van der Waals surface area contributed by atoms with Crippen LogP contribution in [0.2, 0.25) is 0 Å². The zero-order valence-electron chi connectivity index (χ0n) is 14.6. The second-order valence-corrected chi connectivity index (χ2v) is 7.06. The highest BCUT2D eigenvalue weighted by Crippen LogP contribution is 2.35. The van der Waals surface area contributed by atoms with E-state index in [2.05, 4.69) is 14.5 Å². The van der Waals surface area contributed by atoms with E-state index in [0.29, 0.717) is 11.3 Å². The maximum Gasteiger partial charge on any atom is 0.433 e. The van der Waals surface area contributed by atoms with Crippen LogP contribution in [0.25, 0.3) is 10.9 Å². The predicted molar refractivity (Wildman–Crippen MR) is 93.9 cm³/mol. The molecule has 26 heavy (non-hydrogen) atoms. The average Bonchev–Trinajstić information content (AvgIpc) is 3.33. The van der Waals surface area contributed by atoms with Crippen LogP contribution in [0.4, 0.5) is 13.2 Å². The lowest BCUT2D eigenvalue weighted by Gasteiger charge is -2.14. The van der Waals surface area contributed by atoms with E-state index in [4.69, 9.17) is 0 Å². The Morgan fingerprint density at radius 3 is 2.62 bits per heavy atom. The first-order chi connectivity index (χ1) is 12.4. The topological polar surface area (TPSA) is 30.7 Å². The largest absolute Gasteiger partial charge is 0.433 e. The molecule has 6 heteroatoms. The maximum absolute atomic E-state index is 13.3. The molecule has 3 nitrogen and oxygen atoms in total. The predicted octanol–water partition coefficient (Wildman–Crippen LogP) is 5.15. The molecule has 0 aromatic carbocycles. The molecule has 0 unspecified atom stereocenters. The zero-order chi connectivity index (χ0) is 18.3. The fourth-order valence-corrected chi connectivity index (χ4v) is 3.47. The third kappa shape index (κ3) is 3.32. The van der Waals surface area contributed by atoms with Gasteiger partial charge in [-0.2, -0.15) is 13.2 Å². The van der Waals surface area contributed by atoms with Crippen LogP contribution in [-0.4, -0.2) is 14.5 Å². The van der Waals surface area contributed by atoms with Crippen molar-refractivity contribution in [3.63, 3.8) is 0 Å². The van der Waals surface area contributed by atoms with Gasteiger partial charge >= 0.3 is 6.18 Å². The summed E-state index contributed by atoms with van der Waals surface area (Å²) >= 11 is 0. The molecule has 0 bridgehead atoms. The van der Waals surface area contributed by atoms with E-state index in [1.807, 2.05) is 18.3 Å². The van der Waals surface area contributed by atoms with Gasteiger partial charge in [0.15, 0.2) is 0 Å². The molecule has 0 amide bonds. The molecular weight excluding hydrogens is 339 g/mol. The molecule has 0 spiro atoms. The van der Waals surface area contributed by atoms with Crippen molar-refractivity contribution in [1.29, 1.82) is 0 Å². The summed E-state index contributed by atoms with van der Waals surface area (Å²) in [5.41, 5.74) is 1.66. The number of hydrogen-bond acceptors (Lipinski definition) is 2. The monoisotopic (exact) mass is 359 g/mol. The number of halogens is 3. The number of alkyl halides is 3. The molecule has 1 aliphatic rings. The highest BCUT2D eigenvalue weighted by molar-refractivity contribution is 5.82. The summed E-state index contributed by atoms with van der Waals surface area (Å²) in [4.78, 5) is 7.97. The summed E-state index contributed by atoms with van der Waals surface area (Å²) in [5, 5.41) is 0.916. The highest BCUT2D eigenvalue weighted by Gasteiger charge is 2.36. The Labute approximate surface area is 149 Å². The van der Waals surface area contributed by atoms with Crippen LogP contribution < -0.4 is 0 Å². The number of hydrogen-bond donors (Lipinski definition) is 0. The Hall–Kier alpha value is -2.37. The molecule has 1 saturated carbocycles. The van der Waals surface area contributed by atoms with Crippen molar-refractivity contribution >= 4 is 10.9 Å². The number of fused-ring (bicyclic) bond motifs is 1. The minimum absolute atomic E-state index is 0.124. The van der Waals surface area contributed by atoms with Gasteiger partial charge in [0.2, 0.25) is 0 Å². The molecule has 0 atom stereocenters. The molecule has 0 radical (unpaired) electrons. The van der Waals surface area contributed by atoms with E-state index >= 15 is 0 Å². The minimum atomic E-state index is -4.47. The van der Waals surface area contributed by atoms with Gasteiger partial charge < -0.3 is 4.57 Å². The van der Waals surface area contributed by atoms with Crippen molar-refractivity contribution in [3.05, 3.63) is 59.3 Å². The Balaban J connectivity index is 1.70. The summed E-state index contributed by atoms with van der Waals surface area (Å²) in [5.74, 6) is 0.834. The molecule has 3 aromatic rings. The number of pyridine rings is 2. The summed E-state index contributed by atoms with van der Waals surface area (Å²) in [6, 6.07) is 5.52. The van der Waals surface area contributed by atoms with E-state index in [9.17, 15) is 13.2 Å². The first-order valence-electron chi connectivity index (χ1n) is 8.88. The van der Waals surface area contributed by atoms with Gasteiger partial charge in [-0.05, 0) is 48.6 Å². The molecule has 0 N–H and O–H groups in total. The van der Waals surface area contributed by atoms with Gasteiger partial charge in [-0.1, -0.05) is 12.8 Å². The Morgan fingerprint density at radius 2 is 1.88 bits per heavy atom. The van der Waals surface area contributed by atoms with Gasteiger partial charge in [-0.25, -0.2) is 0 Å². The van der Waals surface area contributed by atoms with Crippen molar-refractivity contribution in [3.8, 4) is 0 Å². The fraction of sp³-hybridized carbons (Fsp3) is 0.400. The van der Waals surface area contributed by atoms with Crippen molar-refractivity contribution in [2.75, 3.05) is 0 Å². The van der Waals surface area contributed by atoms with Crippen LogP contribution in [-0.2, 0) is 19.1 Å². The van der Waals surface area contributed by atoms with E-state index in [-0.39, 0.29) is 12.0 Å². The molecular formula is C20H20F3N3. The highest BCUT2D eigenvalue weighted by atomic mass is 19.4. The quantitative estimate of drug-likeness (QED) is 0.631. The first kappa shape index (κ1) is 17.1. The van der Waals surface area contributed by atoms with Crippen LogP contribution in [0.1, 0.15) is 41.8 Å². The van der Waals surface area contributed by atoms with E-state index in [1.54, 1.807) is 19.2 Å². The third-order valence-electron chi connectivity index (χ3n) is 5.16. The number of nitrogens with zero attached hydrogens (tertiary/aromatic N) is 3. The SMILES string of the molecule is Cc1ccnc(C(F)(F)F)c1Cc1nccc2c1ccn2CCC1CC1. The Morgan fingerprint density at radius 1 is 1.12 bits per heavy atom. The molecule has 1 aliphatic carbocycles. The van der Waals surface area contributed by atoms with Crippen LogP contribution in [0.3, 0.4) is 0 Å². The van der Waals surface area contributed by atoms with Crippen LogP contribution in [0.5, 0.6) is 0 Å². The lowest BCUT2D eigenvalue weighted by molar-refractivity contribution is -0.141. The van der Waals surface area contributed by atoms with Crippen LogP contribution in [0, 0.1) is 12.8 Å². The number of rotatable bonds is 5. The van der Waals surface area contributed by atoms with Gasteiger partial charge in [0.05, 0.1) is 11.2 Å². The van der Waals surface area contributed by atoms with Gasteiger partial charge in [0.1, 0.15) is 5.69 Å². The molecule has 1 fully saturated rings. The smallest absolute Gasteiger partial charge is 0.347 e. The summed E-state index contributed by atoms with van der Waals surface area (Å²) in [7, 11) is 0. The maximum atomic E-state index is 13.3. The molecule has 4 rings (SSSR count). The fourth-order valence-electron chi connectivity index (χ4n) is 3.47. The molecule has 3 heterocycles.